The fourth-order valence-corrected chi connectivity index (χ4v) is 4.36. The molecule has 2 aromatic rings. The van der Waals surface area contributed by atoms with E-state index in [0.717, 1.165) is 36.8 Å². The van der Waals surface area contributed by atoms with Gasteiger partial charge in [0.25, 0.3) is 5.69 Å². The van der Waals surface area contributed by atoms with Gasteiger partial charge in [-0.2, -0.15) is 0 Å². The van der Waals surface area contributed by atoms with Gasteiger partial charge < -0.3 is 10.2 Å². The van der Waals surface area contributed by atoms with Crippen molar-refractivity contribution in [3.63, 3.8) is 0 Å². The average molecular weight is 438 g/mol. The van der Waals surface area contributed by atoms with Gasteiger partial charge >= 0.3 is 0 Å². The van der Waals surface area contributed by atoms with Crippen molar-refractivity contribution in [2.24, 2.45) is 0 Å². The molecule has 1 saturated carbocycles. The van der Waals surface area contributed by atoms with Crippen molar-refractivity contribution < 1.29 is 14.5 Å². The molecule has 2 aromatic carbocycles. The van der Waals surface area contributed by atoms with E-state index in [1.165, 1.54) is 6.07 Å². The zero-order valence-corrected chi connectivity index (χ0v) is 18.8. The summed E-state index contributed by atoms with van der Waals surface area (Å²) in [6.45, 7) is 4.14. The molecular formula is C25H31N3O4. The Kier molecular flexibility index (Phi) is 7.98. The largest absolute Gasteiger partial charge is 0.352 e. The Bertz CT molecular complexity index is 969. The molecule has 1 aliphatic carbocycles. The van der Waals surface area contributed by atoms with Crippen LogP contribution in [-0.4, -0.2) is 33.7 Å². The molecule has 0 unspecified atom stereocenters. The van der Waals surface area contributed by atoms with E-state index in [1.54, 1.807) is 23.1 Å². The highest BCUT2D eigenvalue weighted by Crippen LogP contribution is 2.23. The van der Waals surface area contributed by atoms with Crippen molar-refractivity contribution in [2.75, 3.05) is 0 Å². The number of nitro benzene ring substituents is 1. The van der Waals surface area contributed by atoms with Crippen molar-refractivity contribution in [3.8, 4) is 0 Å². The Hall–Kier alpha value is -3.22. The zero-order chi connectivity index (χ0) is 23.1. The Labute approximate surface area is 189 Å². The van der Waals surface area contributed by atoms with Gasteiger partial charge in [-0.05, 0) is 37.3 Å². The number of benzene rings is 2. The lowest BCUT2D eigenvalue weighted by atomic mass is 10.0. The van der Waals surface area contributed by atoms with Gasteiger partial charge in [-0.15, -0.1) is 0 Å². The quantitative estimate of drug-likeness (QED) is 0.467. The first-order valence-electron chi connectivity index (χ1n) is 11.3. The maximum absolute atomic E-state index is 13.5. The van der Waals surface area contributed by atoms with Crippen LogP contribution in [0.25, 0.3) is 0 Å². The molecule has 2 amide bonds. The van der Waals surface area contributed by atoms with Gasteiger partial charge in [-0.3, -0.25) is 19.7 Å². The fraction of sp³-hybridized carbons (Fsp3) is 0.440. The molecule has 1 N–H and O–H groups in total. The number of hydrogen-bond acceptors (Lipinski definition) is 4. The average Bonchev–Trinajstić information content (AvgIpc) is 3.28. The van der Waals surface area contributed by atoms with E-state index in [2.05, 4.69) is 5.32 Å². The Morgan fingerprint density at radius 1 is 1.09 bits per heavy atom. The van der Waals surface area contributed by atoms with Gasteiger partial charge in [0, 0.05) is 24.2 Å². The number of nitrogens with zero attached hydrogens (tertiary/aromatic N) is 2. The summed E-state index contributed by atoms with van der Waals surface area (Å²) in [6.07, 6.45) is 4.47. The van der Waals surface area contributed by atoms with Crippen LogP contribution in [-0.2, 0) is 22.6 Å². The van der Waals surface area contributed by atoms with Crippen LogP contribution in [0.2, 0.25) is 0 Å². The smallest absolute Gasteiger partial charge is 0.273 e. The normalized spacial score (nSPS) is 14.7. The van der Waals surface area contributed by atoms with E-state index in [9.17, 15) is 19.7 Å². The molecule has 0 saturated heterocycles. The van der Waals surface area contributed by atoms with E-state index >= 15 is 0 Å². The van der Waals surface area contributed by atoms with Gasteiger partial charge in [-0.1, -0.05) is 62.2 Å². The zero-order valence-electron chi connectivity index (χ0n) is 18.8. The second-order valence-electron chi connectivity index (χ2n) is 8.42. The van der Waals surface area contributed by atoms with Crippen LogP contribution in [0.1, 0.15) is 55.7 Å². The Morgan fingerprint density at radius 3 is 2.34 bits per heavy atom. The fourth-order valence-electron chi connectivity index (χ4n) is 4.36. The number of para-hydroxylation sites is 1. The number of carbonyl (C=O) groups is 2. The third-order valence-electron chi connectivity index (χ3n) is 6.22. The summed E-state index contributed by atoms with van der Waals surface area (Å²) in [5, 5.41) is 14.5. The van der Waals surface area contributed by atoms with Gasteiger partial charge in [0.1, 0.15) is 6.04 Å². The molecular weight excluding hydrogens is 406 g/mol. The minimum Gasteiger partial charge on any atom is -0.352 e. The number of nitro groups is 1. The van der Waals surface area contributed by atoms with Crippen molar-refractivity contribution in [3.05, 3.63) is 75.3 Å². The first kappa shape index (κ1) is 23.4. The molecule has 0 heterocycles. The molecule has 1 fully saturated rings. The van der Waals surface area contributed by atoms with Gasteiger partial charge in [-0.25, -0.2) is 0 Å². The maximum Gasteiger partial charge on any atom is 0.273 e. The summed E-state index contributed by atoms with van der Waals surface area (Å²) in [7, 11) is 0. The predicted molar refractivity (Wildman–Crippen MR) is 123 cm³/mol. The highest BCUT2D eigenvalue weighted by atomic mass is 16.6. The van der Waals surface area contributed by atoms with Gasteiger partial charge in [0.15, 0.2) is 0 Å². The SMILES string of the molecule is CC[C@H](C(=O)NC1CCCC1)N(Cc1ccccc1C)C(=O)Cc1ccccc1[N+](=O)[O-]. The molecule has 170 valence electrons. The van der Waals surface area contributed by atoms with Crippen LogP contribution in [0, 0.1) is 17.0 Å². The lowest BCUT2D eigenvalue weighted by molar-refractivity contribution is -0.385. The van der Waals surface area contributed by atoms with E-state index in [-0.39, 0.29) is 36.5 Å². The van der Waals surface area contributed by atoms with Crippen LogP contribution in [0.5, 0.6) is 0 Å². The highest BCUT2D eigenvalue weighted by molar-refractivity contribution is 5.89. The summed E-state index contributed by atoms with van der Waals surface area (Å²) in [5.41, 5.74) is 2.25. The molecule has 0 bridgehead atoms. The van der Waals surface area contributed by atoms with E-state index in [4.69, 9.17) is 0 Å². The molecule has 3 rings (SSSR count). The maximum atomic E-state index is 13.5. The van der Waals surface area contributed by atoms with Crippen LogP contribution in [0.3, 0.4) is 0 Å². The van der Waals surface area contributed by atoms with E-state index in [0.29, 0.717) is 12.0 Å². The second-order valence-corrected chi connectivity index (χ2v) is 8.42. The molecule has 1 atom stereocenters. The van der Waals surface area contributed by atoms with Gasteiger partial charge in [0.05, 0.1) is 11.3 Å². The van der Waals surface area contributed by atoms with Crippen LogP contribution in [0.4, 0.5) is 5.69 Å². The van der Waals surface area contributed by atoms with Crippen molar-refractivity contribution in [2.45, 2.75) is 71.0 Å². The van der Waals surface area contributed by atoms with Crippen molar-refractivity contribution in [1.29, 1.82) is 0 Å². The minimum atomic E-state index is -0.634. The number of aryl methyl sites for hydroxylation is 1. The third kappa shape index (κ3) is 5.72. The van der Waals surface area contributed by atoms with Gasteiger partial charge in [0.2, 0.25) is 11.8 Å². The molecule has 0 aromatic heterocycles. The van der Waals surface area contributed by atoms with E-state index < -0.39 is 11.0 Å². The summed E-state index contributed by atoms with van der Waals surface area (Å²) >= 11 is 0. The number of nitrogens with one attached hydrogen (secondary N) is 1. The molecule has 0 radical (unpaired) electrons. The predicted octanol–water partition coefficient (Wildman–Crippen LogP) is 4.31. The van der Waals surface area contributed by atoms with Crippen LogP contribution >= 0.6 is 0 Å². The Balaban J connectivity index is 1.88. The van der Waals surface area contributed by atoms with E-state index in [1.807, 2.05) is 38.1 Å². The number of amides is 2. The molecule has 1 aliphatic rings. The highest BCUT2D eigenvalue weighted by Gasteiger charge is 2.31. The molecule has 7 heteroatoms. The number of carbonyl (C=O) groups excluding carboxylic acids is 2. The second kappa shape index (κ2) is 10.9. The van der Waals surface area contributed by atoms with Crippen LogP contribution in [0.15, 0.2) is 48.5 Å². The Morgan fingerprint density at radius 2 is 1.72 bits per heavy atom. The molecule has 0 spiro atoms. The molecule has 32 heavy (non-hydrogen) atoms. The standard InChI is InChI=1S/C25H31N3O4/c1-3-22(25(30)26-21-13-7-8-14-21)27(17-20-12-5-4-10-18(20)2)24(29)16-19-11-6-9-15-23(19)28(31)32/h4-6,9-12,15,21-22H,3,7-8,13-14,16-17H2,1-2H3,(H,26,30)/t22-/m1/s1. The third-order valence-corrected chi connectivity index (χ3v) is 6.22. The van der Waals surface area contributed by atoms with Crippen LogP contribution < -0.4 is 5.32 Å². The first-order valence-corrected chi connectivity index (χ1v) is 11.3. The minimum absolute atomic E-state index is 0.0832. The molecule has 7 nitrogen and oxygen atoms in total. The van der Waals surface area contributed by atoms with Crippen molar-refractivity contribution in [1.82, 2.24) is 10.2 Å². The summed E-state index contributed by atoms with van der Waals surface area (Å²) < 4.78 is 0. The summed E-state index contributed by atoms with van der Waals surface area (Å²) in [4.78, 5) is 39.2. The number of rotatable bonds is 9. The topological polar surface area (TPSA) is 92.6 Å². The lowest BCUT2D eigenvalue weighted by Gasteiger charge is -2.32. The molecule has 0 aliphatic heterocycles. The number of hydrogen-bond donors (Lipinski definition) is 1. The monoisotopic (exact) mass is 437 g/mol. The summed E-state index contributed by atoms with van der Waals surface area (Å²) in [5.74, 6) is -0.445. The lowest BCUT2D eigenvalue weighted by Crippen LogP contribution is -2.51. The summed E-state index contributed by atoms with van der Waals surface area (Å²) in [6, 6.07) is 13.6. The first-order chi connectivity index (χ1) is 15.4. The van der Waals surface area contributed by atoms with Crippen molar-refractivity contribution >= 4 is 17.5 Å².